The van der Waals surface area contributed by atoms with Crippen LogP contribution in [0.4, 0.5) is 13.2 Å². The minimum absolute atomic E-state index is 0.00531. The maximum atomic E-state index is 12.7. The lowest BCUT2D eigenvalue weighted by Crippen LogP contribution is -2.19. The zero-order valence-electron chi connectivity index (χ0n) is 17.7. The molecule has 0 saturated carbocycles. The summed E-state index contributed by atoms with van der Waals surface area (Å²) in [5.41, 5.74) is 6.00. The highest BCUT2D eigenvalue weighted by molar-refractivity contribution is 5.75. The third kappa shape index (κ3) is 5.17. The molecule has 0 bridgehead atoms. The molecule has 2 heterocycles. The average molecular weight is 473 g/mol. The molecule has 176 valence electrons. The molecule has 0 aliphatic rings. The molecule has 0 unspecified atom stereocenters. The third-order valence-electron chi connectivity index (χ3n) is 4.75. The van der Waals surface area contributed by atoms with Gasteiger partial charge in [0.05, 0.1) is 23.0 Å². The molecule has 2 aromatic carbocycles. The quantitative estimate of drug-likeness (QED) is 0.415. The van der Waals surface area contributed by atoms with Crippen molar-refractivity contribution >= 4 is 5.91 Å². The Hall–Kier alpha value is -4.35. The maximum absolute atomic E-state index is 12.7. The van der Waals surface area contributed by atoms with Crippen LogP contribution in [0, 0.1) is 0 Å². The minimum Gasteiger partial charge on any atom is -0.487 e. The van der Waals surface area contributed by atoms with Gasteiger partial charge in [-0.1, -0.05) is 17.3 Å². The molecule has 0 saturated heterocycles. The first-order chi connectivity index (χ1) is 16.2. The summed E-state index contributed by atoms with van der Waals surface area (Å²) < 4.78 is 56.1. The average Bonchev–Trinajstić information content (AvgIpc) is 3.43. The fraction of sp³-hybridized carbons (Fsp3) is 0.182. The van der Waals surface area contributed by atoms with Crippen molar-refractivity contribution in [1.82, 2.24) is 19.9 Å². The van der Waals surface area contributed by atoms with Crippen LogP contribution >= 0.6 is 0 Å². The van der Waals surface area contributed by atoms with Gasteiger partial charge < -0.3 is 19.7 Å². The van der Waals surface area contributed by atoms with Crippen molar-refractivity contribution in [3.05, 3.63) is 66.0 Å². The number of aromatic nitrogens is 4. The minimum atomic E-state index is -4.42. The summed E-state index contributed by atoms with van der Waals surface area (Å²) in [5.74, 6) is 0.527. The lowest BCUT2D eigenvalue weighted by Gasteiger charge is -2.10. The molecule has 2 aromatic heterocycles. The molecule has 0 spiro atoms. The number of hydrogen-bond donors (Lipinski definition) is 1. The van der Waals surface area contributed by atoms with Gasteiger partial charge in [0, 0.05) is 12.6 Å². The Morgan fingerprint density at radius 1 is 1.12 bits per heavy atom. The molecule has 1 amide bonds. The van der Waals surface area contributed by atoms with Gasteiger partial charge >= 0.3 is 6.18 Å². The number of amides is 1. The Balaban J connectivity index is 1.51. The van der Waals surface area contributed by atoms with Crippen LogP contribution in [0.1, 0.15) is 11.3 Å². The first-order valence-corrected chi connectivity index (χ1v) is 9.87. The van der Waals surface area contributed by atoms with Gasteiger partial charge in [-0.05, 0) is 36.4 Å². The van der Waals surface area contributed by atoms with E-state index in [4.69, 9.17) is 19.7 Å². The summed E-state index contributed by atoms with van der Waals surface area (Å²) in [6, 6.07) is 11.1. The van der Waals surface area contributed by atoms with Gasteiger partial charge in [0.15, 0.2) is 6.61 Å². The fourth-order valence-electron chi connectivity index (χ4n) is 3.03. The SMILES string of the molecule is Cn1ncc(-c2nc(-c3cccc(OCC(N)=O)c3)no2)c1COc1ccc(C(F)(F)F)cc1. The standard InChI is InChI=1S/C22H18F3N5O4/c1-30-18(11-32-15-7-5-14(6-8-15)22(23,24)25)17(10-27-30)21-28-20(29-34-21)13-3-2-4-16(9-13)33-12-19(26)31/h2-10H,11-12H2,1H3,(H2,26,31). The molecule has 0 fully saturated rings. The van der Waals surface area contributed by atoms with Gasteiger partial charge in [-0.15, -0.1) is 0 Å². The number of alkyl halides is 3. The van der Waals surface area contributed by atoms with E-state index < -0.39 is 17.6 Å². The Morgan fingerprint density at radius 2 is 1.88 bits per heavy atom. The summed E-state index contributed by atoms with van der Waals surface area (Å²) in [6.45, 7) is -0.260. The number of aryl methyl sites for hydroxylation is 1. The van der Waals surface area contributed by atoms with E-state index >= 15 is 0 Å². The van der Waals surface area contributed by atoms with E-state index in [1.807, 2.05) is 0 Å². The maximum Gasteiger partial charge on any atom is 0.416 e. The third-order valence-corrected chi connectivity index (χ3v) is 4.75. The number of nitrogens with two attached hydrogens (primary N) is 1. The van der Waals surface area contributed by atoms with Crippen molar-refractivity contribution in [2.75, 3.05) is 6.61 Å². The molecule has 9 nitrogen and oxygen atoms in total. The van der Waals surface area contributed by atoms with Crippen molar-refractivity contribution in [3.8, 4) is 34.3 Å². The molecule has 2 N–H and O–H groups in total. The zero-order valence-corrected chi connectivity index (χ0v) is 17.7. The Kier molecular flexibility index (Phi) is 6.21. The number of benzene rings is 2. The first kappa shape index (κ1) is 22.8. The first-order valence-electron chi connectivity index (χ1n) is 9.87. The van der Waals surface area contributed by atoms with E-state index in [1.54, 1.807) is 36.0 Å². The molecule has 0 atom stereocenters. The van der Waals surface area contributed by atoms with E-state index in [-0.39, 0.29) is 30.7 Å². The van der Waals surface area contributed by atoms with E-state index in [9.17, 15) is 18.0 Å². The van der Waals surface area contributed by atoms with Crippen LogP contribution in [0.15, 0.2) is 59.3 Å². The zero-order chi connectivity index (χ0) is 24.3. The number of nitrogens with zero attached hydrogens (tertiary/aromatic N) is 4. The van der Waals surface area contributed by atoms with Gasteiger partial charge in [0.25, 0.3) is 11.8 Å². The molecule has 12 heteroatoms. The summed E-state index contributed by atoms with van der Waals surface area (Å²) in [7, 11) is 1.69. The second-order valence-electron chi connectivity index (χ2n) is 7.15. The topological polar surface area (TPSA) is 118 Å². The molecule has 0 aliphatic carbocycles. The van der Waals surface area contributed by atoms with Crippen LogP contribution in [0.25, 0.3) is 22.8 Å². The van der Waals surface area contributed by atoms with Crippen molar-refractivity contribution in [3.63, 3.8) is 0 Å². The molecular formula is C22H18F3N5O4. The van der Waals surface area contributed by atoms with Gasteiger partial charge in [0.2, 0.25) is 5.82 Å². The predicted molar refractivity (Wildman–Crippen MR) is 112 cm³/mol. The molecule has 0 radical (unpaired) electrons. The lowest BCUT2D eigenvalue weighted by molar-refractivity contribution is -0.137. The van der Waals surface area contributed by atoms with E-state index in [0.717, 1.165) is 12.1 Å². The summed E-state index contributed by atoms with van der Waals surface area (Å²) >= 11 is 0. The highest BCUT2D eigenvalue weighted by Gasteiger charge is 2.30. The van der Waals surface area contributed by atoms with E-state index in [2.05, 4.69) is 15.2 Å². The molecule has 0 aliphatic heterocycles. The van der Waals surface area contributed by atoms with Crippen LogP contribution in [0.5, 0.6) is 11.5 Å². The number of hydrogen-bond acceptors (Lipinski definition) is 7. The molecular weight excluding hydrogens is 455 g/mol. The van der Waals surface area contributed by atoms with Crippen LogP contribution < -0.4 is 15.2 Å². The monoisotopic (exact) mass is 473 g/mol. The van der Waals surface area contributed by atoms with Crippen LogP contribution in [-0.4, -0.2) is 32.4 Å². The second kappa shape index (κ2) is 9.25. The number of primary amides is 1. The Labute approximate surface area is 190 Å². The van der Waals surface area contributed by atoms with Crippen LogP contribution in [0.3, 0.4) is 0 Å². The number of rotatable bonds is 8. The normalized spacial score (nSPS) is 11.4. The van der Waals surface area contributed by atoms with Crippen molar-refractivity contribution in [1.29, 1.82) is 0 Å². The highest BCUT2D eigenvalue weighted by atomic mass is 19.4. The van der Waals surface area contributed by atoms with Gasteiger partial charge in [0.1, 0.15) is 18.1 Å². The van der Waals surface area contributed by atoms with Crippen LogP contribution in [0.2, 0.25) is 0 Å². The second-order valence-corrected chi connectivity index (χ2v) is 7.15. The van der Waals surface area contributed by atoms with Crippen molar-refractivity contribution in [2.24, 2.45) is 12.8 Å². The molecule has 34 heavy (non-hydrogen) atoms. The van der Waals surface area contributed by atoms with Gasteiger partial charge in [-0.3, -0.25) is 9.48 Å². The van der Waals surface area contributed by atoms with Crippen molar-refractivity contribution in [2.45, 2.75) is 12.8 Å². The van der Waals surface area contributed by atoms with Crippen LogP contribution in [-0.2, 0) is 24.6 Å². The van der Waals surface area contributed by atoms with E-state index in [0.29, 0.717) is 22.6 Å². The Morgan fingerprint density at radius 3 is 2.59 bits per heavy atom. The lowest BCUT2D eigenvalue weighted by atomic mass is 10.2. The largest absolute Gasteiger partial charge is 0.487 e. The number of carbonyl (C=O) groups excluding carboxylic acids is 1. The fourth-order valence-corrected chi connectivity index (χ4v) is 3.03. The Bertz CT molecular complexity index is 1300. The summed E-state index contributed by atoms with van der Waals surface area (Å²) in [6.07, 6.45) is -2.90. The van der Waals surface area contributed by atoms with Crippen molar-refractivity contribution < 1.29 is 32.0 Å². The number of halogens is 3. The van der Waals surface area contributed by atoms with Gasteiger partial charge in [-0.2, -0.15) is 23.3 Å². The van der Waals surface area contributed by atoms with Gasteiger partial charge in [-0.25, -0.2) is 0 Å². The van der Waals surface area contributed by atoms with E-state index in [1.165, 1.54) is 18.3 Å². The molecule has 4 aromatic rings. The predicted octanol–water partition coefficient (Wildman–Crippen LogP) is 3.60. The highest BCUT2D eigenvalue weighted by Crippen LogP contribution is 2.31. The number of ether oxygens (including phenoxy) is 2. The smallest absolute Gasteiger partial charge is 0.416 e. The summed E-state index contributed by atoms with van der Waals surface area (Å²) in [5, 5.41) is 8.17. The summed E-state index contributed by atoms with van der Waals surface area (Å²) in [4.78, 5) is 15.3. The number of carbonyl (C=O) groups is 1. The molecule has 4 rings (SSSR count).